The maximum absolute atomic E-state index is 5.46. The molecule has 1 N–H and O–H groups in total. The minimum atomic E-state index is 0. The molecule has 6 heteroatoms. The third-order valence-corrected chi connectivity index (χ3v) is 4.16. The van der Waals surface area contributed by atoms with Gasteiger partial charge in [-0.25, -0.2) is 0 Å². The molecule has 5 nitrogen and oxygen atoms in total. The van der Waals surface area contributed by atoms with Crippen LogP contribution in [0.25, 0.3) is 0 Å². The van der Waals surface area contributed by atoms with Crippen molar-refractivity contribution in [2.24, 2.45) is 10.9 Å². The van der Waals surface area contributed by atoms with Crippen molar-refractivity contribution < 1.29 is 9.47 Å². The van der Waals surface area contributed by atoms with Crippen molar-refractivity contribution in [2.75, 3.05) is 46.5 Å². The smallest absolute Gasteiger partial charge is 0.193 e. The van der Waals surface area contributed by atoms with Crippen LogP contribution in [0.3, 0.4) is 0 Å². The van der Waals surface area contributed by atoms with Crippen LogP contribution in [0.5, 0.6) is 5.75 Å². The summed E-state index contributed by atoms with van der Waals surface area (Å²) in [5.41, 5.74) is 1.24. The fraction of sp³-hybridized carbons (Fsp3) is 0.550. The Balaban J connectivity index is 0.00000338. The first-order valence-electron chi connectivity index (χ1n) is 8.95. The first-order valence-corrected chi connectivity index (χ1v) is 8.95. The summed E-state index contributed by atoms with van der Waals surface area (Å²) in [6.07, 6.45) is 7.22. The Morgan fingerprint density at radius 2 is 2.19 bits per heavy atom. The summed E-state index contributed by atoms with van der Waals surface area (Å²) in [4.78, 5) is 6.96. The largest absolute Gasteiger partial charge is 0.481 e. The van der Waals surface area contributed by atoms with Crippen molar-refractivity contribution >= 4 is 29.9 Å². The molecule has 0 spiro atoms. The highest BCUT2D eigenvalue weighted by Gasteiger charge is 2.18. The van der Waals surface area contributed by atoms with E-state index in [1.54, 1.807) is 0 Å². The van der Waals surface area contributed by atoms with E-state index in [0.29, 0.717) is 12.5 Å². The van der Waals surface area contributed by atoms with Crippen LogP contribution in [0.15, 0.2) is 29.3 Å². The molecule has 0 amide bonds. The zero-order chi connectivity index (χ0) is 17.9. The summed E-state index contributed by atoms with van der Waals surface area (Å²) >= 11 is 0. The Bertz CT molecular complexity index is 578. The van der Waals surface area contributed by atoms with Gasteiger partial charge in [0.1, 0.15) is 12.4 Å². The number of terminal acetylenes is 1. The van der Waals surface area contributed by atoms with Crippen molar-refractivity contribution in [3.63, 3.8) is 0 Å². The lowest BCUT2D eigenvalue weighted by atomic mass is 10.1. The van der Waals surface area contributed by atoms with Crippen molar-refractivity contribution in [3.8, 4) is 18.1 Å². The van der Waals surface area contributed by atoms with Gasteiger partial charge in [0.15, 0.2) is 5.96 Å². The first kappa shape index (κ1) is 22.6. The predicted octanol–water partition coefficient (Wildman–Crippen LogP) is 2.79. The number of hydrogen-bond donors (Lipinski definition) is 1. The molecule has 2 rings (SSSR count). The van der Waals surface area contributed by atoms with Gasteiger partial charge in [0.2, 0.25) is 0 Å². The monoisotopic (exact) mass is 471 g/mol. The molecule has 0 aliphatic carbocycles. The van der Waals surface area contributed by atoms with Crippen LogP contribution in [-0.4, -0.2) is 57.4 Å². The van der Waals surface area contributed by atoms with E-state index in [4.69, 9.17) is 20.9 Å². The maximum Gasteiger partial charge on any atom is 0.193 e. The van der Waals surface area contributed by atoms with Crippen molar-refractivity contribution in [3.05, 3.63) is 29.8 Å². The van der Waals surface area contributed by atoms with E-state index in [2.05, 4.69) is 42.2 Å². The fourth-order valence-electron chi connectivity index (χ4n) is 2.84. The van der Waals surface area contributed by atoms with Crippen LogP contribution in [0.1, 0.15) is 18.9 Å². The standard InChI is InChI=1S/C20H29N3O2.HI/c1-4-13-25-19-8-6-17(7-9-19)10-12-22-20(21-5-2)23(3)15-18-11-14-24-16-18;/h1,6-9,18H,5,10-16H2,2-3H3,(H,21,22);1H. The predicted molar refractivity (Wildman–Crippen MR) is 117 cm³/mol. The Labute approximate surface area is 174 Å². The van der Waals surface area contributed by atoms with Gasteiger partial charge >= 0.3 is 0 Å². The highest BCUT2D eigenvalue weighted by atomic mass is 127. The van der Waals surface area contributed by atoms with Crippen LogP contribution < -0.4 is 10.1 Å². The van der Waals surface area contributed by atoms with E-state index in [-0.39, 0.29) is 24.0 Å². The lowest BCUT2D eigenvalue weighted by molar-refractivity contribution is 0.181. The lowest BCUT2D eigenvalue weighted by Gasteiger charge is -2.24. The Kier molecular flexibility index (Phi) is 11.1. The van der Waals surface area contributed by atoms with Crippen LogP contribution in [-0.2, 0) is 11.2 Å². The van der Waals surface area contributed by atoms with Gasteiger partial charge in [-0.05, 0) is 37.5 Å². The topological polar surface area (TPSA) is 46.1 Å². The van der Waals surface area contributed by atoms with Gasteiger partial charge in [0, 0.05) is 39.2 Å². The summed E-state index contributed by atoms with van der Waals surface area (Å²) in [6.45, 7) is 6.73. The number of nitrogens with zero attached hydrogens (tertiary/aromatic N) is 2. The minimum Gasteiger partial charge on any atom is -0.481 e. The van der Waals surface area contributed by atoms with Crippen LogP contribution in [0.4, 0.5) is 0 Å². The van der Waals surface area contributed by atoms with Crippen molar-refractivity contribution in [1.29, 1.82) is 0 Å². The van der Waals surface area contributed by atoms with Gasteiger partial charge in [-0.2, -0.15) is 0 Å². The van der Waals surface area contributed by atoms with Crippen molar-refractivity contribution in [2.45, 2.75) is 19.8 Å². The van der Waals surface area contributed by atoms with Gasteiger partial charge in [-0.3, -0.25) is 4.99 Å². The van der Waals surface area contributed by atoms with Crippen LogP contribution in [0, 0.1) is 18.3 Å². The minimum absolute atomic E-state index is 0. The summed E-state index contributed by atoms with van der Waals surface area (Å²) < 4.78 is 10.9. The molecule has 26 heavy (non-hydrogen) atoms. The van der Waals surface area contributed by atoms with E-state index in [1.807, 2.05) is 12.1 Å². The molecule has 0 saturated carbocycles. The number of benzene rings is 1. The lowest BCUT2D eigenvalue weighted by Crippen LogP contribution is -2.41. The molecule has 144 valence electrons. The molecule has 0 aromatic heterocycles. The molecule has 0 radical (unpaired) electrons. The summed E-state index contributed by atoms with van der Waals surface area (Å²) in [7, 11) is 2.09. The quantitative estimate of drug-likeness (QED) is 0.274. The van der Waals surface area contributed by atoms with Gasteiger partial charge in [0.05, 0.1) is 6.61 Å². The molecular formula is C20H30IN3O2. The molecule has 1 aromatic rings. The fourth-order valence-corrected chi connectivity index (χ4v) is 2.84. The SMILES string of the molecule is C#CCOc1ccc(CCN=C(NCC)N(C)CC2CCOC2)cc1.I. The molecule has 1 atom stereocenters. The molecule has 1 saturated heterocycles. The number of halogens is 1. The zero-order valence-electron chi connectivity index (χ0n) is 15.7. The molecule has 1 aliphatic rings. The molecule has 1 aliphatic heterocycles. The molecule has 1 aromatic carbocycles. The summed E-state index contributed by atoms with van der Waals surface area (Å²) in [5, 5.41) is 3.37. The number of hydrogen-bond acceptors (Lipinski definition) is 3. The van der Waals surface area contributed by atoms with E-state index < -0.39 is 0 Å². The van der Waals surface area contributed by atoms with Crippen molar-refractivity contribution in [1.82, 2.24) is 10.2 Å². The second-order valence-corrected chi connectivity index (χ2v) is 6.23. The third-order valence-electron chi connectivity index (χ3n) is 4.16. The first-order chi connectivity index (χ1) is 12.2. The van der Waals surface area contributed by atoms with Crippen LogP contribution in [0.2, 0.25) is 0 Å². The average Bonchev–Trinajstić information content (AvgIpc) is 3.13. The van der Waals surface area contributed by atoms with E-state index in [0.717, 1.165) is 57.4 Å². The molecular weight excluding hydrogens is 441 g/mol. The van der Waals surface area contributed by atoms with Gasteiger partial charge in [-0.1, -0.05) is 18.1 Å². The summed E-state index contributed by atoms with van der Waals surface area (Å²) in [6, 6.07) is 8.03. The highest BCUT2D eigenvalue weighted by Crippen LogP contribution is 2.14. The molecule has 1 heterocycles. The van der Waals surface area contributed by atoms with E-state index in [9.17, 15) is 0 Å². The van der Waals surface area contributed by atoms with Gasteiger partial charge in [0.25, 0.3) is 0 Å². The number of guanidine groups is 1. The highest BCUT2D eigenvalue weighted by molar-refractivity contribution is 14.0. The van der Waals surface area contributed by atoms with E-state index in [1.165, 1.54) is 5.56 Å². The van der Waals surface area contributed by atoms with Gasteiger partial charge in [-0.15, -0.1) is 30.4 Å². The second kappa shape index (κ2) is 12.8. The average molecular weight is 471 g/mol. The molecule has 1 fully saturated rings. The maximum atomic E-state index is 5.46. The Hall–Kier alpha value is -1.46. The Morgan fingerprint density at radius 3 is 2.81 bits per heavy atom. The van der Waals surface area contributed by atoms with Crippen LogP contribution >= 0.6 is 24.0 Å². The molecule has 0 bridgehead atoms. The Morgan fingerprint density at radius 1 is 1.42 bits per heavy atom. The van der Waals surface area contributed by atoms with E-state index >= 15 is 0 Å². The summed E-state index contributed by atoms with van der Waals surface area (Å²) in [5.74, 6) is 4.83. The third kappa shape index (κ3) is 7.83. The molecule has 1 unspecified atom stereocenters. The number of aliphatic imine (C=N–C) groups is 1. The number of ether oxygens (including phenoxy) is 2. The number of rotatable bonds is 8. The zero-order valence-corrected chi connectivity index (χ0v) is 18.1. The second-order valence-electron chi connectivity index (χ2n) is 6.23. The van der Waals surface area contributed by atoms with Gasteiger partial charge < -0.3 is 19.7 Å². The normalized spacial score (nSPS) is 16.5. The number of nitrogens with one attached hydrogen (secondary N) is 1.